The second kappa shape index (κ2) is 4.84. The molecule has 5 nitrogen and oxygen atoms in total. The van der Waals surface area contributed by atoms with E-state index in [-0.39, 0.29) is 11.4 Å². The molecule has 1 aromatic rings. The maximum absolute atomic E-state index is 12.6. The largest absolute Gasteiger partial charge is 0.477 e. The molecule has 0 saturated carbocycles. The van der Waals surface area contributed by atoms with E-state index in [0.717, 1.165) is 6.20 Å². The number of aromatic nitrogens is 1. The van der Waals surface area contributed by atoms with Crippen molar-refractivity contribution in [2.45, 2.75) is 5.92 Å². The molecule has 0 atom stereocenters. The van der Waals surface area contributed by atoms with Crippen LogP contribution in [0, 0.1) is 0 Å². The Kier molecular flexibility index (Phi) is 3.73. The summed E-state index contributed by atoms with van der Waals surface area (Å²) in [6, 6.07) is 2.52. The summed E-state index contributed by atoms with van der Waals surface area (Å²) in [6.45, 7) is -1.99. The monoisotopic (exact) mass is 232 g/mol. The number of alkyl halides is 2. The fourth-order valence-corrected chi connectivity index (χ4v) is 0.912. The van der Waals surface area contributed by atoms with Crippen molar-refractivity contribution in [2.75, 3.05) is 18.5 Å². The first kappa shape index (κ1) is 12.3. The smallest absolute Gasteiger partial charge is 0.354 e. The van der Waals surface area contributed by atoms with Gasteiger partial charge in [0.05, 0.1) is 18.4 Å². The number of halogens is 2. The van der Waals surface area contributed by atoms with Crippen molar-refractivity contribution < 1.29 is 23.8 Å². The summed E-state index contributed by atoms with van der Waals surface area (Å²) in [4.78, 5) is 14.0. The van der Waals surface area contributed by atoms with Gasteiger partial charge in [0.1, 0.15) is 12.3 Å². The number of aromatic carboxylic acids is 1. The van der Waals surface area contributed by atoms with Gasteiger partial charge in [-0.05, 0) is 12.1 Å². The number of pyridine rings is 1. The lowest BCUT2D eigenvalue weighted by Gasteiger charge is -2.14. The van der Waals surface area contributed by atoms with E-state index in [1.54, 1.807) is 0 Å². The fourth-order valence-electron chi connectivity index (χ4n) is 0.912. The highest BCUT2D eigenvalue weighted by atomic mass is 19.3. The van der Waals surface area contributed by atoms with Crippen LogP contribution in [0.5, 0.6) is 0 Å². The molecule has 0 aliphatic carbocycles. The number of hydrogen-bond acceptors (Lipinski definition) is 4. The maximum Gasteiger partial charge on any atom is 0.354 e. The highest BCUT2D eigenvalue weighted by molar-refractivity contribution is 5.85. The topological polar surface area (TPSA) is 82.5 Å². The van der Waals surface area contributed by atoms with Gasteiger partial charge in [0.15, 0.2) is 0 Å². The first-order valence-electron chi connectivity index (χ1n) is 4.36. The van der Waals surface area contributed by atoms with Gasteiger partial charge < -0.3 is 15.5 Å². The first-order valence-corrected chi connectivity index (χ1v) is 4.36. The predicted molar refractivity (Wildman–Crippen MR) is 51.7 cm³/mol. The Balaban J connectivity index is 2.59. The number of rotatable bonds is 5. The molecule has 1 aromatic heterocycles. The van der Waals surface area contributed by atoms with Gasteiger partial charge in [-0.25, -0.2) is 18.6 Å². The lowest BCUT2D eigenvalue weighted by Crippen LogP contribution is -2.31. The Hall–Kier alpha value is -1.76. The number of nitrogens with zero attached hydrogens (tertiary/aromatic N) is 1. The second-order valence-corrected chi connectivity index (χ2v) is 3.10. The summed E-state index contributed by atoms with van der Waals surface area (Å²) >= 11 is 0. The van der Waals surface area contributed by atoms with Crippen LogP contribution in [0.4, 0.5) is 14.5 Å². The van der Waals surface area contributed by atoms with Crippen molar-refractivity contribution >= 4 is 11.7 Å². The molecular weight excluding hydrogens is 222 g/mol. The second-order valence-electron chi connectivity index (χ2n) is 3.10. The van der Waals surface area contributed by atoms with Gasteiger partial charge in [0.25, 0.3) is 5.92 Å². The van der Waals surface area contributed by atoms with Crippen molar-refractivity contribution in [3.8, 4) is 0 Å². The molecule has 7 heteroatoms. The van der Waals surface area contributed by atoms with Crippen molar-refractivity contribution in [3.05, 3.63) is 24.0 Å². The highest BCUT2D eigenvalue weighted by Gasteiger charge is 2.27. The van der Waals surface area contributed by atoms with Gasteiger partial charge >= 0.3 is 5.97 Å². The third-order valence-electron chi connectivity index (χ3n) is 1.77. The molecule has 3 N–H and O–H groups in total. The van der Waals surface area contributed by atoms with Crippen molar-refractivity contribution in [1.82, 2.24) is 4.98 Å². The minimum atomic E-state index is -3.22. The highest BCUT2D eigenvalue weighted by Crippen LogP contribution is 2.14. The molecule has 88 valence electrons. The molecule has 0 amide bonds. The van der Waals surface area contributed by atoms with Crippen LogP contribution in [0.1, 0.15) is 10.5 Å². The molecule has 16 heavy (non-hydrogen) atoms. The Morgan fingerprint density at radius 3 is 2.62 bits per heavy atom. The molecule has 0 aliphatic heterocycles. The number of carboxylic acids is 1. The van der Waals surface area contributed by atoms with Crippen molar-refractivity contribution in [2.24, 2.45) is 0 Å². The number of anilines is 1. The molecule has 0 unspecified atom stereocenters. The molecule has 1 rings (SSSR count). The van der Waals surface area contributed by atoms with Gasteiger partial charge in [0.2, 0.25) is 0 Å². The average Bonchev–Trinajstić information content (AvgIpc) is 2.27. The van der Waals surface area contributed by atoms with Crippen LogP contribution in [0.3, 0.4) is 0 Å². The maximum atomic E-state index is 12.6. The summed E-state index contributed by atoms with van der Waals surface area (Å²) in [5, 5.41) is 19.2. The van der Waals surface area contributed by atoms with E-state index >= 15 is 0 Å². The number of aliphatic hydroxyl groups excluding tert-OH is 1. The van der Waals surface area contributed by atoms with Crippen LogP contribution < -0.4 is 5.32 Å². The Morgan fingerprint density at radius 2 is 2.19 bits per heavy atom. The van der Waals surface area contributed by atoms with Gasteiger partial charge in [-0.2, -0.15) is 0 Å². The number of aliphatic hydroxyl groups is 1. The summed E-state index contributed by atoms with van der Waals surface area (Å²) in [5.74, 6) is -4.40. The van der Waals surface area contributed by atoms with E-state index in [1.807, 2.05) is 0 Å². The molecule has 0 fully saturated rings. The Morgan fingerprint density at radius 1 is 1.50 bits per heavy atom. The van der Waals surface area contributed by atoms with Crippen LogP contribution in [0.15, 0.2) is 18.3 Å². The van der Waals surface area contributed by atoms with Gasteiger partial charge in [-0.3, -0.25) is 0 Å². The fraction of sp³-hybridized carbons (Fsp3) is 0.333. The molecule has 0 radical (unpaired) electrons. The van der Waals surface area contributed by atoms with E-state index in [4.69, 9.17) is 10.2 Å². The number of nitrogens with one attached hydrogen (secondary N) is 1. The third-order valence-corrected chi connectivity index (χ3v) is 1.77. The number of carbonyl (C=O) groups is 1. The number of hydrogen-bond donors (Lipinski definition) is 3. The quantitative estimate of drug-likeness (QED) is 0.700. The Bertz CT molecular complexity index is 368. The van der Waals surface area contributed by atoms with E-state index in [2.05, 4.69) is 10.3 Å². The van der Waals surface area contributed by atoms with Crippen molar-refractivity contribution in [3.63, 3.8) is 0 Å². The summed E-state index contributed by atoms with van der Waals surface area (Å²) in [5.41, 5.74) is 0.0950. The van der Waals surface area contributed by atoms with Gasteiger partial charge in [0, 0.05) is 0 Å². The molecule has 0 spiro atoms. The number of carboxylic acid groups (broad SMARTS) is 1. The van der Waals surface area contributed by atoms with Crippen LogP contribution in [0.25, 0.3) is 0 Å². The molecular formula is C9H10F2N2O3. The zero-order valence-corrected chi connectivity index (χ0v) is 8.15. The van der Waals surface area contributed by atoms with Crippen LogP contribution in [0.2, 0.25) is 0 Å². The van der Waals surface area contributed by atoms with Gasteiger partial charge in [-0.1, -0.05) is 0 Å². The minimum absolute atomic E-state index is 0.167. The van der Waals surface area contributed by atoms with Gasteiger partial charge in [-0.15, -0.1) is 0 Å². The van der Waals surface area contributed by atoms with E-state index in [9.17, 15) is 13.6 Å². The summed E-state index contributed by atoms with van der Waals surface area (Å²) in [6.07, 6.45) is 1.14. The van der Waals surface area contributed by atoms with Crippen LogP contribution in [-0.2, 0) is 0 Å². The first-order chi connectivity index (χ1) is 7.44. The third kappa shape index (κ3) is 3.43. The average molecular weight is 232 g/mol. The lowest BCUT2D eigenvalue weighted by molar-refractivity contribution is -0.0372. The normalized spacial score (nSPS) is 11.2. The zero-order valence-electron chi connectivity index (χ0n) is 8.15. The van der Waals surface area contributed by atoms with E-state index in [1.165, 1.54) is 12.1 Å². The van der Waals surface area contributed by atoms with E-state index in [0.29, 0.717) is 0 Å². The lowest BCUT2D eigenvalue weighted by atomic mass is 10.3. The molecule has 0 aliphatic rings. The minimum Gasteiger partial charge on any atom is -0.477 e. The van der Waals surface area contributed by atoms with Crippen LogP contribution in [-0.4, -0.2) is 40.2 Å². The molecule has 0 bridgehead atoms. The van der Waals surface area contributed by atoms with E-state index < -0.39 is 25.0 Å². The van der Waals surface area contributed by atoms with Crippen molar-refractivity contribution in [1.29, 1.82) is 0 Å². The predicted octanol–water partition coefficient (Wildman–Crippen LogP) is 0.819. The molecule has 0 aromatic carbocycles. The SMILES string of the molecule is O=C(O)c1ccc(NCC(F)(F)CO)cn1. The standard InChI is InChI=1S/C9H10F2N2O3/c10-9(11,5-14)4-13-6-1-2-7(8(15)16)12-3-6/h1-3,13-14H,4-5H2,(H,15,16). The molecule has 1 heterocycles. The zero-order chi connectivity index (χ0) is 12.2. The Labute approximate surface area is 89.7 Å². The summed E-state index contributed by atoms with van der Waals surface area (Å²) < 4.78 is 25.2. The summed E-state index contributed by atoms with van der Waals surface area (Å²) in [7, 11) is 0. The molecule has 0 saturated heterocycles. The van der Waals surface area contributed by atoms with Crippen LogP contribution >= 0.6 is 0 Å².